The third-order valence-electron chi connectivity index (χ3n) is 2.70. The van der Waals surface area contributed by atoms with Crippen molar-refractivity contribution in [3.05, 3.63) is 53.1 Å². The van der Waals surface area contributed by atoms with E-state index in [1.54, 1.807) is 12.1 Å². The van der Waals surface area contributed by atoms with Crippen LogP contribution in [0.25, 0.3) is 0 Å². The van der Waals surface area contributed by atoms with E-state index in [1.807, 2.05) is 0 Å². The van der Waals surface area contributed by atoms with Crippen molar-refractivity contribution in [2.45, 2.75) is 0 Å². The first-order valence-electron chi connectivity index (χ1n) is 6.21. The molecule has 0 heterocycles. The van der Waals surface area contributed by atoms with E-state index in [9.17, 15) is 13.6 Å². The highest BCUT2D eigenvalue weighted by atomic mass is 35.5. The minimum atomic E-state index is -1.05. The summed E-state index contributed by atoms with van der Waals surface area (Å²) in [5.41, 5.74) is 0.383. The van der Waals surface area contributed by atoms with E-state index < -0.39 is 17.5 Å². The van der Waals surface area contributed by atoms with Crippen molar-refractivity contribution in [3.63, 3.8) is 0 Å². The zero-order valence-corrected chi connectivity index (χ0v) is 12.3. The SMILES string of the molecule is COc1ccc(Cl)cc1NC(=O)COc1ccc(F)c(F)c1. The number of hydrogen-bond acceptors (Lipinski definition) is 3. The number of nitrogens with one attached hydrogen (secondary N) is 1. The van der Waals surface area contributed by atoms with E-state index in [0.29, 0.717) is 16.5 Å². The number of methoxy groups -OCH3 is 1. The third-order valence-corrected chi connectivity index (χ3v) is 2.93. The summed E-state index contributed by atoms with van der Waals surface area (Å²) in [4.78, 5) is 11.8. The number of carbonyl (C=O) groups is 1. The van der Waals surface area contributed by atoms with Gasteiger partial charge in [-0.05, 0) is 30.3 Å². The number of rotatable bonds is 5. The summed E-state index contributed by atoms with van der Waals surface area (Å²) in [6, 6.07) is 7.76. The van der Waals surface area contributed by atoms with E-state index in [4.69, 9.17) is 21.1 Å². The Balaban J connectivity index is 1.98. The molecule has 0 saturated carbocycles. The lowest BCUT2D eigenvalue weighted by Crippen LogP contribution is -2.20. The van der Waals surface area contributed by atoms with Crippen molar-refractivity contribution in [2.24, 2.45) is 0 Å². The monoisotopic (exact) mass is 327 g/mol. The standard InChI is InChI=1S/C15H12ClF2NO3/c1-21-14-5-2-9(16)6-13(14)19-15(20)8-22-10-3-4-11(17)12(18)7-10/h2-7H,8H2,1H3,(H,19,20). The van der Waals surface area contributed by atoms with Crippen molar-refractivity contribution >= 4 is 23.2 Å². The van der Waals surface area contributed by atoms with Crippen LogP contribution in [-0.2, 0) is 4.79 Å². The molecule has 116 valence electrons. The average Bonchev–Trinajstić information content (AvgIpc) is 2.49. The molecular weight excluding hydrogens is 316 g/mol. The Kier molecular flexibility index (Phi) is 5.16. The van der Waals surface area contributed by atoms with Gasteiger partial charge in [0.05, 0.1) is 12.8 Å². The van der Waals surface area contributed by atoms with Crippen molar-refractivity contribution in [1.82, 2.24) is 0 Å². The van der Waals surface area contributed by atoms with Crippen LogP contribution in [0.5, 0.6) is 11.5 Å². The van der Waals surface area contributed by atoms with E-state index in [1.165, 1.54) is 19.2 Å². The first kappa shape index (κ1) is 16.0. The Bertz CT molecular complexity index is 694. The molecule has 0 aliphatic rings. The highest BCUT2D eigenvalue weighted by molar-refractivity contribution is 6.31. The fourth-order valence-corrected chi connectivity index (χ4v) is 1.85. The van der Waals surface area contributed by atoms with Crippen LogP contribution in [0.1, 0.15) is 0 Å². The van der Waals surface area contributed by atoms with Gasteiger partial charge in [0.25, 0.3) is 5.91 Å². The van der Waals surface area contributed by atoms with Gasteiger partial charge in [0, 0.05) is 11.1 Å². The molecular formula is C15H12ClF2NO3. The van der Waals surface area contributed by atoms with Gasteiger partial charge in [0.2, 0.25) is 0 Å². The van der Waals surface area contributed by atoms with E-state index in [-0.39, 0.29) is 12.4 Å². The smallest absolute Gasteiger partial charge is 0.262 e. The molecule has 0 fully saturated rings. The number of amides is 1. The zero-order chi connectivity index (χ0) is 16.1. The molecule has 0 saturated heterocycles. The number of benzene rings is 2. The molecule has 1 amide bonds. The third kappa shape index (κ3) is 4.08. The van der Waals surface area contributed by atoms with Crippen molar-refractivity contribution in [2.75, 3.05) is 19.0 Å². The Morgan fingerprint density at radius 2 is 1.95 bits per heavy atom. The second-order valence-electron chi connectivity index (χ2n) is 4.26. The Hall–Kier alpha value is -2.34. The van der Waals surface area contributed by atoms with Gasteiger partial charge in [-0.15, -0.1) is 0 Å². The van der Waals surface area contributed by atoms with Gasteiger partial charge >= 0.3 is 0 Å². The number of halogens is 3. The van der Waals surface area contributed by atoms with Gasteiger partial charge in [-0.25, -0.2) is 8.78 Å². The zero-order valence-electron chi connectivity index (χ0n) is 11.5. The minimum Gasteiger partial charge on any atom is -0.495 e. The van der Waals surface area contributed by atoms with Crippen LogP contribution in [0.15, 0.2) is 36.4 Å². The maximum absolute atomic E-state index is 13.0. The predicted molar refractivity (Wildman–Crippen MR) is 78.5 cm³/mol. The van der Waals surface area contributed by atoms with Gasteiger partial charge < -0.3 is 14.8 Å². The maximum atomic E-state index is 13.0. The normalized spacial score (nSPS) is 10.2. The van der Waals surface area contributed by atoms with Gasteiger partial charge in [-0.1, -0.05) is 11.6 Å². The Labute approximate surface area is 130 Å². The van der Waals surface area contributed by atoms with E-state index in [2.05, 4.69) is 5.32 Å². The first-order chi connectivity index (χ1) is 10.5. The summed E-state index contributed by atoms with van der Waals surface area (Å²) in [6.07, 6.45) is 0. The summed E-state index contributed by atoms with van der Waals surface area (Å²) in [5.74, 6) is -2.04. The summed E-state index contributed by atoms with van der Waals surface area (Å²) >= 11 is 5.85. The quantitative estimate of drug-likeness (QED) is 0.912. The molecule has 0 radical (unpaired) electrons. The molecule has 0 aliphatic heterocycles. The van der Waals surface area contributed by atoms with Crippen molar-refractivity contribution < 1.29 is 23.0 Å². The minimum absolute atomic E-state index is 0.0482. The van der Waals surface area contributed by atoms with Gasteiger partial charge in [-0.2, -0.15) is 0 Å². The van der Waals surface area contributed by atoms with E-state index in [0.717, 1.165) is 12.1 Å². The lowest BCUT2D eigenvalue weighted by Gasteiger charge is -2.11. The topological polar surface area (TPSA) is 47.6 Å². The fraction of sp³-hybridized carbons (Fsp3) is 0.133. The largest absolute Gasteiger partial charge is 0.495 e. The van der Waals surface area contributed by atoms with Crippen molar-refractivity contribution in [1.29, 1.82) is 0 Å². The molecule has 7 heteroatoms. The molecule has 1 N–H and O–H groups in total. The Morgan fingerprint density at radius 3 is 2.64 bits per heavy atom. The molecule has 2 rings (SSSR count). The van der Waals surface area contributed by atoms with Crippen LogP contribution < -0.4 is 14.8 Å². The van der Waals surface area contributed by atoms with Crippen LogP contribution in [-0.4, -0.2) is 19.6 Å². The molecule has 22 heavy (non-hydrogen) atoms. The molecule has 0 atom stereocenters. The van der Waals surface area contributed by atoms with E-state index >= 15 is 0 Å². The fourth-order valence-electron chi connectivity index (χ4n) is 1.68. The van der Waals surface area contributed by atoms with Gasteiger partial charge in [-0.3, -0.25) is 4.79 Å². The first-order valence-corrected chi connectivity index (χ1v) is 6.58. The summed E-state index contributed by atoms with van der Waals surface area (Å²) < 4.78 is 36.0. The van der Waals surface area contributed by atoms with Gasteiger partial charge in [0.15, 0.2) is 18.2 Å². The maximum Gasteiger partial charge on any atom is 0.262 e. The van der Waals surface area contributed by atoms with Crippen molar-refractivity contribution in [3.8, 4) is 11.5 Å². The lowest BCUT2D eigenvalue weighted by atomic mass is 10.3. The lowest BCUT2D eigenvalue weighted by molar-refractivity contribution is -0.118. The highest BCUT2D eigenvalue weighted by Gasteiger charge is 2.10. The molecule has 0 aromatic heterocycles. The molecule has 0 unspecified atom stereocenters. The second-order valence-corrected chi connectivity index (χ2v) is 4.69. The Morgan fingerprint density at radius 1 is 1.18 bits per heavy atom. The summed E-state index contributed by atoms with van der Waals surface area (Å²) in [7, 11) is 1.46. The molecule has 2 aromatic rings. The van der Waals surface area contributed by atoms with Gasteiger partial charge in [0.1, 0.15) is 11.5 Å². The molecule has 4 nitrogen and oxygen atoms in total. The average molecular weight is 328 g/mol. The number of anilines is 1. The highest BCUT2D eigenvalue weighted by Crippen LogP contribution is 2.27. The molecule has 0 aliphatic carbocycles. The second kappa shape index (κ2) is 7.09. The summed E-state index contributed by atoms with van der Waals surface area (Å²) in [6.45, 7) is -0.374. The number of ether oxygens (including phenoxy) is 2. The van der Waals surface area contributed by atoms with Crippen LogP contribution in [0, 0.1) is 11.6 Å². The van der Waals surface area contributed by atoms with Crippen LogP contribution in [0.4, 0.5) is 14.5 Å². The summed E-state index contributed by atoms with van der Waals surface area (Å²) in [5, 5.41) is 2.99. The van der Waals surface area contributed by atoms with Crippen LogP contribution in [0.2, 0.25) is 5.02 Å². The van der Waals surface area contributed by atoms with Crippen LogP contribution in [0.3, 0.4) is 0 Å². The van der Waals surface area contributed by atoms with Crippen LogP contribution >= 0.6 is 11.6 Å². The predicted octanol–water partition coefficient (Wildman–Crippen LogP) is 3.64. The number of carbonyl (C=O) groups excluding carboxylic acids is 1. The molecule has 2 aromatic carbocycles. The molecule has 0 spiro atoms. The molecule has 0 bridgehead atoms. The number of hydrogen-bond donors (Lipinski definition) is 1.